The maximum Gasteiger partial charge on any atom is 0.320 e. The molecular formula is C11H14N4OS. The molecule has 0 spiro atoms. The van der Waals surface area contributed by atoms with Gasteiger partial charge in [0.15, 0.2) is 0 Å². The van der Waals surface area contributed by atoms with E-state index in [-0.39, 0.29) is 11.0 Å². The van der Waals surface area contributed by atoms with Crippen molar-refractivity contribution in [2.45, 2.75) is 6.54 Å². The molecule has 1 aromatic rings. The third kappa shape index (κ3) is 2.52. The van der Waals surface area contributed by atoms with Gasteiger partial charge in [0.1, 0.15) is 4.99 Å². The zero-order valence-corrected chi connectivity index (χ0v) is 10.4. The van der Waals surface area contributed by atoms with Gasteiger partial charge in [-0.3, -0.25) is 4.98 Å². The SMILES string of the molecule is CN1CCN(Cc2ccnc(C(N)=S)c2)C1=O. The van der Waals surface area contributed by atoms with Gasteiger partial charge in [0.2, 0.25) is 0 Å². The van der Waals surface area contributed by atoms with Crippen molar-refractivity contribution in [2.24, 2.45) is 5.73 Å². The number of nitrogens with zero attached hydrogens (tertiary/aromatic N) is 3. The van der Waals surface area contributed by atoms with Crippen LogP contribution in [0.2, 0.25) is 0 Å². The van der Waals surface area contributed by atoms with E-state index in [1.54, 1.807) is 23.0 Å². The number of thiocarbonyl (C=S) groups is 1. The summed E-state index contributed by atoms with van der Waals surface area (Å²) < 4.78 is 0. The van der Waals surface area contributed by atoms with Crippen LogP contribution in [0.25, 0.3) is 0 Å². The zero-order chi connectivity index (χ0) is 12.4. The number of nitrogens with two attached hydrogens (primary N) is 1. The van der Waals surface area contributed by atoms with Gasteiger partial charge in [-0.1, -0.05) is 12.2 Å². The Morgan fingerprint density at radius 2 is 2.35 bits per heavy atom. The summed E-state index contributed by atoms with van der Waals surface area (Å²) >= 11 is 4.87. The summed E-state index contributed by atoms with van der Waals surface area (Å²) in [6.07, 6.45) is 1.66. The van der Waals surface area contributed by atoms with E-state index < -0.39 is 0 Å². The van der Waals surface area contributed by atoms with E-state index in [2.05, 4.69) is 4.98 Å². The molecule has 2 amide bonds. The van der Waals surface area contributed by atoms with Crippen molar-refractivity contribution in [3.8, 4) is 0 Å². The third-order valence-electron chi connectivity index (χ3n) is 2.75. The van der Waals surface area contributed by atoms with Gasteiger partial charge in [-0.05, 0) is 17.7 Å². The molecular weight excluding hydrogens is 236 g/mol. The van der Waals surface area contributed by atoms with Crippen LogP contribution in [0, 0.1) is 0 Å². The van der Waals surface area contributed by atoms with E-state index in [4.69, 9.17) is 18.0 Å². The number of hydrogen-bond acceptors (Lipinski definition) is 3. The fraction of sp³-hybridized carbons (Fsp3) is 0.364. The molecule has 2 rings (SSSR count). The average molecular weight is 250 g/mol. The summed E-state index contributed by atoms with van der Waals surface area (Å²) in [5.74, 6) is 0. The Morgan fingerprint density at radius 1 is 1.59 bits per heavy atom. The van der Waals surface area contributed by atoms with Crippen molar-refractivity contribution < 1.29 is 4.79 Å². The molecule has 1 fully saturated rings. The van der Waals surface area contributed by atoms with E-state index >= 15 is 0 Å². The maximum absolute atomic E-state index is 11.7. The molecule has 6 heteroatoms. The van der Waals surface area contributed by atoms with E-state index in [0.29, 0.717) is 12.2 Å². The fourth-order valence-corrected chi connectivity index (χ4v) is 1.89. The molecule has 1 saturated heterocycles. The van der Waals surface area contributed by atoms with Crippen LogP contribution in [-0.4, -0.2) is 45.9 Å². The second-order valence-corrected chi connectivity index (χ2v) is 4.48. The molecule has 2 N–H and O–H groups in total. The molecule has 17 heavy (non-hydrogen) atoms. The van der Waals surface area contributed by atoms with Crippen molar-refractivity contribution in [3.63, 3.8) is 0 Å². The lowest BCUT2D eigenvalue weighted by Crippen LogP contribution is -2.29. The van der Waals surface area contributed by atoms with Crippen molar-refractivity contribution >= 4 is 23.2 Å². The number of urea groups is 1. The Labute approximate surface area is 105 Å². The Kier molecular flexibility index (Phi) is 3.23. The van der Waals surface area contributed by atoms with Gasteiger partial charge in [-0.25, -0.2) is 4.79 Å². The van der Waals surface area contributed by atoms with Crippen LogP contribution >= 0.6 is 12.2 Å². The highest BCUT2D eigenvalue weighted by molar-refractivity contribution is 7.80. The van der Waals surface area contributed by atoms with E-state index in [0.717, 1.165) is 18.7 Å². The normalized spacial score (nSPS) is 15.5. The molecule has 1 aliphatic rings. The van der Waals surface area contributed by atoms with Crippen LogP contribution in [0.5, 0.6) is 0 Å². The lowest BCUT2D eigenvalue weighted by molar-refractivity contribution is 0.197. The van der Waals surface area contributed by atoms with Gasteiger partial charge in [0, 0.05) is 32.9 Å². The highest BCUT2D eigenvalue weighted by atomic mass is 32.1. The predicted molar refractivity (Wildman–Crippen MR) is 68.6 cm³/mol. The van der Waals surface area contributed by atoms with Crippen LogP contribution in [0.3, 0.4) is 0 Å². The standard InChI is InChI=1S/C11H14N4OS/c1-14-4-5-15(11(14)16)7-8-2-3-13-9(6-8)10(12)17/h2-3,6H,4-5,7H2,1H3,(H2,12,17). The summed E-state index contributed by atoms with van der Waals surface area (Å²) in [7, 11) is 1.80. The number of likely N-dealkylation sites (N-methyl/N-ethyl adjacent to an activating group) is 1. The lowest BCUT2D eigenvalue weighted by atomic mass is 10.2. The smallest absolute Gasteiger partial charge is 0.320 e. The van der Waals surface area contributed by atoms with E-state index in [1.807, 2.05) is 12.1 Å². The molecule has 0 aromatic carbocycles. The van der Waals surface area contributed by atoms with Gasteiger partial charge in [-0.15, -0.1) is 0 Å². The number of carbonyl (C=O) groups is 1. The highest BCUT2D eigenvalue weighted by Crippen LogP contribution is 2.12. The van der Waals surface area contributed by atoms with Gasteiger partial charge in [0.25, 0.3) is 0 Å². The molecule has 0 saturated carbocycles. The van der Waals surface area contributed by atoms with Gasteiger partial charge in [-0.2, -0.15) is 0 Å². The first-order chi connectivity index (χ1) is 8.08. The van der Waals surface area contributed by atoms with Crippen LogP contribution in [-0.2, 0) is 6.54 Å². The number of rotatable bonds is 3. The van der Waals surface area contributed by atoms with Crippen LogP contribution in [0.4, 0.5) is 4.79 Å². The summed E-state index contributed by atoms with van der Waals surface area (Å²) in [6, 6.07) is 3.75. The summed E-state index contributed by atoms with van der Waals surface area (Å²) in [4.78, 5) is 19.6. The number of carbonyl (C=O) groups excluding carboxylic acids is 1. The van der Waals surface area contributed by atoms with Crippen LogP contribution in [0.1, 0.15) is 11.3 Å². The van der Waals surface area contributed by atoms with E-state index in [1.165, 1.54) is 0 Å². The molecule has 0 radical (unpaired) electrons. The molecule has 0 atom stereocenters. The van der Waals surface area contributed by atoms with Gasteiger partial charge < -0.3 is 15.5 Å². The lowest BCUT2D eigenvalue weighted by Gasteiger charge is -2.16. The first kappa shape index (κ1) is 11.8. The second kappa shape index (κ2) is 4.67. The second-order valence-electron chi connectivity index (χ2n) is 4.04. The molecule has 5 nitrogen and oxygen atoms in total. The molecule has 1 aromatic heterocycles. The maximum atomic E-state index is 11.7. The monoisotopic (exact) mass is 250 g/mol. The number of aromatic nitrogens is 1. The Hall–Kier alpha value is -1.69. The van der Waals surface area contributed by atoms with Crippen molar-refractivity contribution in [3.05, 3.63) is 29.6 Å². The largest absolute Gasteiger partial charge is 0.388 e. The van der Waals surface area contributed by atoms with Gasteiger partial charge >= 0.3 is 6.03 Å². The number of hydrogen-bond donors (Lipinski definition) is 1. The quantitative estimate of drug-likeness (QED) is 0.797. The predicted octanol–water partition coefficient (Wildman–Crippen LogP) is 0.583. The molecule has 0 unspecified atom stereocenters. The number of amides is 2. The first-order valence-electron chi connectivity index (χ1n) is 5.32. The van der Waals surface area contributed by atoms with Crippen LogP contribution in [0.15, 0.2) is 18.3 Å². The van der Waals surface area contributed by atoms with Gasteiger partial charge in [0.05, 0.1) is 5.69 Å². The third-order valence-corrected chi connectivity index (χ3v) is 2.96. The molecule has 1 aliphatic heterocycles. The Morgan fingerprint density at radius 3 is 2.94 bits per heavy atom. The minimum absolute atomic E-state index is 0.0543. The van der Waals surface area contributed by atoms with E-state index in [9.17, 15) is 4.79 Å². The summed E-state index contributed by atoms with van der Waals surface area (Å²) in [5.41, 5.74) is 7.11. The van der Waals surface area contributed by atoms with Crippen molar-refractivity contribution in [1.82, 2.24) is 14.8 Å². The average Bonchev–Trinajstić information content (AvgIpc) is 2.61. The minimum Gasteiger partial charge on any atom is -0.388 e. The summed E-state index contributed by atoms with van der Waals surface area (Å²) in [5, 5.41) is 0. The molecule has 2 heterocycles. The zero-order valence-electron chi connectivity index (χ0n) is 9.59. The topological polar surface area (TPSA) is 62.5 Å². The Bertz CT molecular complexity index is 463. The number of pyridine rings is 1. The first-order valence-corrected chi connectivity index (χ1v) is 5.73. The molecule has 0 bridgehead atoms. The highest BCUT2D eigenvalue weighted by Gasteiger charge is 2.24. The fourth-order valence-electron chi connectivity index (χ4n) is 1.78. The molecule has 0 aliphatic carbocycles. The minimum atomic E-state index is 0.0543. The van der Waals surface area contributed by atoms with Crippen LogP contribution < -0.4 is 5.73 Å². The molecule has 90 valence electrons. The summed E-state index contributed by atoms with van der Waals surface area (Å²) in [6.45, 7) is 2.09. The van der Waals surface area contributed by atoms with Crippen molar-refractivity contribution in [2.75, 3.05) is 20.1 Å². The van der Waals surface area contributed by atoms with Crippen molar-refractivity contribution in [1.29, 1.82) is 0 Å². The Balaban J connectivity index is 2.11.